The van der Waals surface area contributed by atoms with Crippen molar-refractivity contribution in [1.82, 2.24) is 5.32 Å². The molecule has 0 aromatic heterocycles. The highest BCUT2D eigenvalue weighted by Crippen LogP contribution is 2.11. The molecule has 1 heterocycles. The van der Waals surface area contributed by atoms with E-state index in [1.165, 1.54) is 0 Å². The Kier molecular flexibility index (Phi) is 4.73. The molecule has 2 atom stereocenters. The lowest BCUT2D eigenvalue weighted by molar-refractivity contribution is -0.151. The Morgan fingerprint density at radius 1 is 1.50 bits per heavy atom. The second-order valence-corrected chi connectivity index (χ2v) is 4.45. The zero-order chi connectivity index (χ0) is 12.8. The second kappa shape index (κ2) is 6.52. The molecular formula is C14H19NO3. The van der Waals surface area contributed by atoms with E-state index in [0.29, 0.717) is 19.6 Å². The average Bonchev–Trinajstić information content (AvgIpc) is 2.90. The summed E-state index contributed by atoms with van der Waals surface area (Å²) in [5.41, 5.74) is 1.12. The molecule has 4 nitrogen and oxygen atoms in total. The van der Waals surface area contributed by atoms with Crippen molar-refractivity contribution < 1.29 is 14.3 Å². The van der Waals surface area contributed by atoms with Crippen molar-refractivity contribution in [2.45, 2.75) is 25.0 Å². The van der Waals surface area contributed by atoms with Gasteiger partial charge >= 0.3 is 5.97 Å². The fourth-order valence-electron chi connectivity index (χ4n) is 2.01. The maximum Gasteiger partial charge on any atom is 0.323 e. The SMILES string of the molecule is CNC(Cc1ccccc1)C(=O)OC1CCOC1. The summed E-state index contributed by atoms with van der Waals surface area (Å²) < 4.78 is 10.6. The zero-order valence-electron chi connectivity index (χ0n) is 10.6. The maximum absolute atomic E-state index is 12.0. The van der Waals surface area contributed by atoms with Gasteiger partial charge in [0.15, 0.2) is 0 Å². The third-order valence-electron chi connectivity index (χ3n) is 3.09. The Balaban J connectivity index is 1.89. The second-order valence-electron chi connectivity index (χ2n) is 4.45. The molecule has 1 aliphatic rings. The molecule has 0 aliphatic carbocycles. The van der Waals surface area contributed by atoms with Crippen LogP contribution in [0.5, 0.6) is 0 Å². The number of carbonyl (C=O) groups is 1. The van der Waals surface area contributed by atoms with E-state index < -0.39 is 0 Å². The highest BCUT2D eigenvalue weighted by Gasteiger charge is 2.25. The summed E-state index contributed by atoms with van der Waals surface area (Å²) in [6, 6.07) is 9.63. The van der Waals surface area contributed by atoms with Gasteiger partial charge in [-0.15, -0.1) is 0 Å². The van der Waals surface area contributed by atoms with Crippen LogP contribution in [0.4, 0.5) is 0 Å². The highest BCUT2D eigenvalue weighted by atomic mass is 16.6. The number of carbonyl (C=O) groups excluding carboxylic acids is 1. The molecule has 0 saturated carbocycles. The van der Waals surface area contributed by atoms with Gasteiger partial charge in [0, 0.05) is 6.42 Å². The third-order valence-corrected chi connectivity index (χ3v) is 3.09. The molecule has 0 bridgehead atoms. The van der Waals surface area contributed by atoms with E-state index in [4.69, 9.17) is 9.47 Å². The Hall–Kier alpha value is -1.39. The lowest BCUT2D eigenvalue weighted by Gasteiger charge is -2.18. The number of hydrogen-bond donors (Lipinski definition) is 1. The van der Waals surface area contributed by atoms with E-state index in [-0.39, 0.29) is 18.1 Å². The molecule has 18 heavy (non-hydrogen) atoms. The molecule has 1 saturated heterocycles. The minimum Gasteiger partial charge on any atom is -0.459 e. The quantitative estimate of drug-likeness (QED) is 0.795. The first-order chi connectivity index (χ1) is 8.79. The van der Waals surface area contributed by atoms with Crippen molar-refractivity contribution in [3.05, 3.63) is 35.9 Å². The van der Waals surface area contributed by atoms with E-state index in [1.807, 2.05) is 30.3 Å². The highest BCUT2D eigenvalue weighted by molar-refractivity contribution is 5.76. The average molecular weight is 249 g/mol. The summed E-state index contributed by atoms with van der Waals surface area (Å²) in [7, 11) is 1.78. The van der Waals surface area contributed by atoms with Gasteiger partial charge in [0.1, 0.15) is 12.1 Å². The van der Waals surface area contributed by atoms with Crippen LogP contribution < -0.4 is 5.32 Å². The van der Waals surface area contributed by atoms with Gasteiger partial charge in [0.05, 0.1) is 13.2 Å². The molecule has 98 valence electrons. The summed E-state index contributed by atoms with van der Waals surface area (Å²) in [6.45, 7) is 1.20. The van der Waals surface area contributed by atoms with Crippen LogP contribution in [0, 0.1) is 0 Å². The molecule has 4 heteroatoms. The normalized spacial score (nSPS) is 20.6. The first kappa shape index (κ1) is 13.1. The molecule has 1 aliphatic heterocycles. The Morgan fingerprint density at radius 3 is 2.89 bits per heavy atom. The molecule has 0 spiro atoms. The molecule has 0 radical (unpaired) electrons. The van der Waals surface area contributed by atoms with Gasteiger partial charge in [-0.1, -0.05) is 30.3 Å². The summed E-state index contributed by atoms with van der Waals surface area (Å²) >= 11 is 0. The van der Waals surface area contributed by atoms with Gasteiger partial charge in [-0.2, -0.15) is 0 Å². The van der Waals surface area contributed by atoms with E-state index in [2.05, 4.69) is 5.32 Å². The minimum atomic E-state index is -0.298. The number of hydrogen-bond acceptors (Lipinski definition) is 4. The van der Waals surface area contributed by atoms with Gasteiger partial charge in [0.25, 0.3) is 0 Å². The van der Waals surface area contributed by atoms with Gasteiger partial charge in [-0.3, -0.25) is 4.79 Å². The van der Waals surface area contributed by atoms with Crippen molar-refractivity contribution in [3.8, 4) is 0 Å². The monoisotopic (exact) mass is 249 g/mol. The molecular weight excluding hydrogens is 230 g/mol. The number of ether oxygens (including phenoxy) is 2. The van der Waals surface area contributed by atoms with Crippen LogP contribution in [0.1, 0.15) is 12.0 Å². The largest absolute Gasteiger partial charge is 0.459 e. The van der Waals surface area contributed by atoms with E-state index >= 15 is 0 Å². The van der Waals surface area contributed by atoms with Crippen LogP contribution in [0.25, 0.3) is 0 Å². The van der Waals surface area contributed by atoms with Crippen LogP contribution in [0.15, 0.2) is 30.3 Å². The molecule has 2 rings (SSSR count). The van der Waals surface area contributed by atoms with Crippen molar-refractivity contribution in [1.29, 1.82) is 0 Å². The fraction of sp³-hybridized carbons (Fsp3) is 0.500. The topological polar surface area (TPSA) is 47.6 Å². The molecule has 0 amide bonds. The smallest absolute Gasteiger partial charge is 0.323 e. The number of esters is 1. The lowest BCUT2D eigenvalue weighted by atomic mass is 10.1. The van der Waals surface area contributed by atoms with Crippen molar-refractivity contribution in [2.75, 3.05) is 20.3 Å². The fourth-order valence-corrected chi connectivity index (χ4v) is 2.01. The van der Waals surface area contributed by atoms with Gasteiger partial charge < -0.3 is 14.8 Å². The van der Waals surface area contributed by atoms with Crippen molar-refractivity contribution in [2.24, 2.45) is 0 Å². The Bertz CT molecular complexity index is 374. The number of likely N-dealkylation sites (N-methyl/N-ethyl adjacent to an activating group) is 1. The van der Waals surface area contributed by atoms with Crippen molar-refractivity contribution >= 4 is 5.97 Å². The molecule has 2 unspecified atom stereocenters. The van der Waals surface area contributed by atoms with Gasteiger partial charge in [-0.05, 0) is 19.0 Å². The van der Waals surface area contributed by atoms with Crippen LogP contribution in [-0.2, 0) is 20.7 Å². The standard InChI is InChI=1S/C14H19NO3/c1-15-13(9-11-5-3-2-4-6-11)14(16)18-12-7-8-17-10-12/h2-6,12-13,15H,7-10H2,1H3. The Morgan fingerprint density at radius 2 is 2.28 bits per heavy atom. The van der Waals surface area contributed by atoms with Crippen molar-refractivity contribution in [3.63, 3.8) is 0 Å². The maximum atomic E-state index is 12.0. The predicted octanol–water partition coefficient (Wildman–Crippen LogP) is 1.15. The summed E-state index contributed by atoms with van der Waals surface area (Å²) in [4.78, 5) is 12.0. The number of rotatable bonds is 5. The van der Waals surface area contributed by atoms with Gasteiger partial charge in [-0.25, -0.2) is 0 Å². The zero-order valence-corrected chi connectivity index (χ0v) is 10.6. The van der Waals surface area contributed by atoms with Crippen LogP contribution >= 0.6 is 0 Å². The molecule has 1 fully saturated rings. The van der Waals surface area contributed by atoms with Crippen LogP contribution in [0.2, 0.25) is 0 Å². The molecule has 1 aromatic rings. The summed E-state index contributed by atoms with van der Waals surface area (Å²) in [5, 5.41) is 3.01. The van der Waals surface area contributed by atoms with Crippen LogP contribution in [0.3, 0.4) is 0 Å². The number of benzene rings is 1. The first-order valence-electron chi connectivity index (χ1n) is 6.29. The predicted molar refractivity (Wildman–Crippen MR) is 68.3 cm³/mol. The lowest BCUT2D eigenvalue weighted by Crippen LogP contribution is -2.39. The third kappa shape index (κ3) is 3.55. The van der Waals surface area contributed by atoms with E-state index in [9.17, 15) is 4.79 Å². The molecule has 1 aromatic carbocycles. The van der Waals surface area contributed by atoms with Crippen LogP contribution in [-0.4, -0.2) is 38.4 Å². The van der Waals surface area contributed by atoms with Gasteiger partial charge in [0.2, 0.25) is 0 Å². The van der Waals surface area contributed by atoms with E-state index in [1.54, 1.807) is 7.05 Å². The Labute approximate surface area is 107 Å². The number of nitrogens with one attached hydrogen (secondary N) is 1. The minimum absolute atomic E-state index is 0.0795. The molecule has 1 N–H and O–H groups in total. The van der Waals surface area contributed by atoms with E-state index in [0.717, 1.165) is 12.0 Å². The summed E-state index contributed by atoms with van der Waals surface area (Å²) in [5.74, 6) is -0.197. The first-order valence-corrected chi connectivity index (χ1v) is 6.29. The summed E-state index contributed by atoms with van der Waals surface area (Å²) in [6.07, 6.45) is 1.36.